The molecule has 3 rings (SSSR count). The van der Waals surface area contributed by atoms with Gasteiger partial charge in [-0.2, -0.15) is 5.10 Å². The first-order valence-electron chi connectivity index (χ1n) is 5.99. The highest BCUT2D eigenvalue weighted by Gasteiger charge is 2.06. The molecule has 1 aromatic carbocycles. The number of hydrogen-bond donors (Lipinski definition) is 1. The Hall–Kier alpha value is -1.88. The van der Waals surface area contributed by atoms with Crippen LogP contribution in [0.25, 0.3) is 10.9 Å². The Morgan fingerprint density at radius 1 is 1.21 bits per heavy atom. The number of hydrogen-bond acceptors (Lipinski definition) is 3. The molecule has 96 valence electrons. The first-order valence-corrected chi connectivity index (χ1v) is 6.79. The van der Waals surface area contributed by atoms with Gasteiger partial charge in [0.05, 0.1) is 11.7 Å². The van der Waals surface area contributed by atoms with E-state index in [1.165, 1.54) is 5.56 Å². The molecule has 0 saturated carbocycles. The van der Waals surface area contributed by atoms with Crippen molar-refractivity contribution in [1.82, 2.24) is 14.8 Å². The molecule has 2 aromatic heterocycles. The number of fused-ring (bicyclic) bond motifs is 1. The highest BCUT2D eigenvalue weighted by atomic mass is 79.9. The lowest BCUT2D eigenvalue weighted by Gasteiger charge is -2.09. The van der Waals surface area contributed by atoms with Crippen molar-refractivity contribution in [3.05, 3.63) is 52.8 Å². The number of anilines is 1. The topological polar surface area (TPSA) is 42.7 Å². The molecule has 0 unspecified atom stereocenters. The minimum Gasteiger partial charge on any atom is -0.366 e. The second kappa shape index (κ2) is 5.01. The van der Waals surface area contributed by atoms with Gasteiger partial charge in [-0.1, -0.05) is 28.1 Å². The summed E-state index contributed by atoms with van der Waals surface area (Å²) in [6, 6.07) is 10.1. The zero-order chi connectivity index (χ0) is 13.2. The van der Waals surface area contributed by atoms with Gasteiger partial charge in [0, 0.05) is 35.7 Å². The molecule has 0 spiro atoms. The van der Waals surface area contributed by atoms with E-state index < -0.39 is 0 Å². The van der Waals surface area contributed by atoms with Crippen molar-refractivity contribution >= 4 is 32.7 Å². The third-order valence-electron chi connectivity index (χ3n) is 3.08. The number of nitrogens with one attached hydrogen (secondary N) is 1. The van der Waals surface area contributed by atoms with Crippen LogP contribution in [-0.2, 0) is 13.6 Å². The van der Waals surface area contributed by atoms with Gasteiger partial charge >= 0.3 is 0 Å². The average molecular weight is 317 g/mol. The van der Waals surface area contributed by atoms with Gasteiger partial charge in [0.15, 0.2) is 0 Å². The van der Waals surface area contributed by atoms with E-state index in [0.29, 0.717) is 0 Å². The van der Waals surface area contributed by atoms with Crippen LogP contribution < -0.4 is 5.32 Å². The van der Waals surface area contributed by atoms with E-state index in [9.17, 15) is 0 Å². The molecule has 0 fully saturated rings. The molecule has 0 amide bonds. The third kappa shape index (κ3) is 2.33. The second-order valence-electron chi connectivity index (χ2n) is 4.30. The summed E-state index contributed by atoms with van der Waals surface area (Å²) < 4.78 is 2.88. The Labute approximate surface area is 119 Å². The van der Waals surface area contributed by atoms with Crippen molar-refractivity contribution < 1.29 is 0 Å². The van der Waals surface area contributed by atoms with Crippen molar-refractivity contribution in [3.8, 4) is 0 Å². The summed E-state index contributed by atoms with van der Waals surface area (Å²) in [6.07, 6.45) is 3.60. The summed E-state index contributed by atoms with van der Waals surface area (Å²) in [6.45, 7) is 0.723. The van der Waals surface area contributed by atoms with Crippen molar-refractivity contribution in [2.75, 3.05) is 5.32 Å². The fraction of sp³-hybridized carbons (Fsp3) is 0.143. The zero-order valence-electron chi connectivity index (χ0n) is 10.5. The number of nitrogens with zero attached hydrogens (tertiary/aromatic N) is 3. The van der Waals surface area contributed by atoms with Crippen molar-refractivity contribution in [1.29, 1.82) is 0 Å². The van der Waals surface area contributed by atoms with Crippen molar-refractivity contribution in [3.63, 3.8) is 0 Å². The monoisotopic (exact) mass is 316 g/mol. The van der Waals surface area contributed by atoms with Crippen LogP contribution in [0.15, 0.2) is 47.2 Å². The van der Waals surface area contributed by atoms with Crippen LogP contribution in [-0.4, -0.2) is 14.8 Å². The van der Waals surface area contributed by atoms with Gasteiger partial charge < -0.3 is 5.32 Å². The molecular formula is C14H13BrN4. The molecule has 0 aliphatic carbocycles. The maximum Gasteiger partial charge on any atom is 0.124 e. The normalized spacial score (nSPS) is 10.8. The fourth-order valence-electron chi connectivity index (χ4n) is 2.07. The molecule has 1 N–H and O–H groups in total. The summed E-state index contributed by atoms with van der Waals surface area (Å²) in [5.74, 6) is 0.993. The Morgan fingerprint density at radius 2 is 2.11 bits per heavy atom. The van der Waals surface area contributed by atoms with E-state index in [1.54, 1.807) is 6.20 Å². The molecule has 4 nitrogen and oxygen atoms in total. The quantitative estimate of drug-likeness (QED) is 0.805. The van der Waals surface area contributed by atoms with Crippen molar-refractivity contribution in [2.45, 2.75) is 6.54 Å². The molecule has 3 aromatic rings. The number of benzene rings is 1. The standard InChI is InChI=1S/C14H13BrN4/c1-19-13(6-8-18-19)17-9-10-4-5-12(15)11-3-2-7-16-14(10)11/h2-8,17H,9H2,1H3. The van der Waals surface area contributed by atoms with Crippen molar-refractivity contribution in [2.24, 2.45) is 7.05 Å². The number of rotatable bonds is 3. The van der Waals surface area contributed by atoms with E-state index in [-0.39, 0.29) is 0 Å². The number of halogens is 1. The minimum absolute atomic E-state index is 0.723. The maximum atomic E-state index is 4.47. The highest BCUT2D eigenvalue weighted by molar-refractivity contribution is 9.10. The fourth-order valence-corrected chi connectivity index (χ4v) is 2.52. The second-order valence-corrected chi connectivity index (χ2v) is 5.15. The molecule has 0 bridgehead atoms. The van der Waals surface area contributed by atoms with Crippen LogP contribution in [0.2, 0.25) is 0 Å². The Balaban J connectivity index is 1.93. The first-order chi connectivity index (χ1) is 9.25. The van der Waals surface area contributed by atoms with Gasteiger partial charge in [-0.3, -0.25) is 9.67 Å². The van der Waals surface area contributed by atoms with E-state index in [0.717, 1.165) is 27.7 Å². The summed E-state index contributed by atoms with van der Waals surface area (Å²) in [7, 11) is 1.92. The van der Waals surface area contributed by atoms with Gasteiger partial charge in [-0.05, 0) is 17.7 Å². The Kier molecular flexibility index (Phi) is 3.21. The summed E-state index contributed by atoms with van der Waals surface area (Å²) in [5, 5.41) is 8.63. The lowest BCUT2D eigenvalue weighted by molar-refractivity contribution is 0.769. The first kappa shape index (κ1) is 12.2. The predicted octanol–water partition coefficient (Wildman–Crippen LogP) is 3.34. The van der Waals surface area contributed by atoms with Crippen LogP contribution >= 0.6 is 15.9 Å². The highest BCUT2D eigenvalue weighted by Crippen LogP contribution is 2.25. The molecule has 0 radical (unpaired) electrons. The van der Waals surface area contributed by atoms with Crippen LogP contribution in [0.1, 0.15) is 5.56 Å². The smallest absolute Gasteiger partial charge is 0.124 e. The van der Waals surface area contributed by atoms with Gasteiger partial charge in [0.2, 0.25) is 0 Å². The molecule has 0 aliphatic heterocycles. The maximum absolute atomic E-state index is 4.47. The molecule has 0 saturated heterocycles. The van der Waals surface area contributed by atoms with Crippen LogP contribution in [0, 0.1) is 0 Å². The minimum atomic E-state index is 0.723. The van der Waals surface area contributed by atoms with E-state index in [4.69, 9.17) is 0 Å². The van der Waals surface area contributed by atoms with Gasteiger partial charge in [-0.25, -0.2) is 0 Å². The number of pyridine rings is 1. The Bertz CT molecular complexity index is 720. The van der Waals surface area contributed by atoms with E-state index >= 15 is 0 Å². The zero-order valence-corrected chi connectivity index (χ0v) is 12.1. The largest absolute Gasteiger partial charge is 0.366 e. The lowest BCUT2D eigenvalue weighted by Crippen LogP contribution is -2.05. The molecule has 5 heteroatoms. The van der Waals surface area contributed by atoms with Gasteiger partial charge in [-0.15, -0.1) is 0 Å². The summed E-state index contributed by atoms with van der Waals surface area (Å²) in [4.78, 5) is 4.47. The lowest BCUT2D eigenvalue weighted by atomic mass is 10.1. The third-order valence-corrected chi connectivity index (χ3v) is 3.77. The molecule has 0 aliphatic rings. The van der Waals surface area contributed by atoms with Crippen LogP contribution in [0.4, 0.5) is 5.82 Å². The van der Waals surface area contributed by atoms with Gasteiger partial charge in [0.1, 0.15) is 5.82 Å². The summed E-state index contributed by atoms with van der Waals surface area (Å²) >= 11 is 3.56. The van der Waals surface area contributed by atoms with E-state index in [2.05, 4.69) is 49.5 Å². The predicted molar refractivity (Wildman–Crippen MR) is 80.0 cm³/mol. The summed E-state index contributed by atoms with van der Waals surface area (Å²) in [5.41, 5.74) is 2.19. The van der Waals surface area contributed by atoms with Crippen LogP contribution in [0.5, 0.6) is 0 Å². The molecule has 0 atom stereocenters. The van der Waals surface area contributed by atoms with Crippen LogP contribution in [0.3, 0.4) is 0 Å². The number of aryl methyl sites for hydroxylation is 1. The SMILES string of the molecule is Cn1nccc1NCc1ccc(Br)c2cccnc12. The van der Waals surface area contributed by atoms with E-state index in [1.807, 2.05) is 30.1 Å². The van der Waals surface area contributed by atoms with Gasteiger partial charge in [0.25, 0.3) is 0 Å². The molecule has 19 heavy (non-hydrogen) atoms. The molecular weight excluding hydrogens is 304 g/mol. The number of aromatic nitrogens is 3. The Morgan fingerprint density at radius 3 is 2.89 bits per heavy atom. The molecule has 2 heterocycles. The average Bonchev–Trinajstić information content (AvgIpc) is 2.84.